The Hall–Kier alpha value is -4.35. The van der Waals surface area contributed by atoms with Gasteiger partial charge in [0.05, 0.1) is 31.5 Å². The normalized spacial score (nSPS) is 16.0. The van der Waals surface area contributed by atoms with Crippen LogP contribution in [0.2, 0.25) is 0 Å². The van der Waals surface area contributed by atoms with E-state index in [-0.39, 0.29) is 18.1 Å². The largest absolute Gasteiger partial charge is 0.496 e. The van der Waals surface area contributed by atoms with Crippen molar-refractivity contribution >= 4 is 17.0 Å². The van der Waals surface area contributed by atoms with E-state index < -0.39 is 0 Å². The summed E-state index contributed by atoms with van der Waals surface area (Å²) in [6.45, 7) is 1.34. The molecule has 1 saturated carbocycles. The van der Waals surface area contributed by atoms with Gasteiger partial charge in [-0.05, 0) is 54.8 Å². The van der Waals surface area contributed by atoms with Crippen molar-refractivity contribution in [1.82, 2.24) is 9.88 Å². The summed E-state index contributed by atoms with van der Waals surface area (Å²) >= 11 is 0. The Morgan fingerprint density at radius 3 is 2.56 bits per heavy atom. The van der Waals surface area contributed by atoms with Crippen LogP contribution >= 0.6 is 0 Å². The number of benzene rings is 2. The van der Waals surface area contributed by atoms with Gasteiger partial charge >= 0.3 is 0 Å². The highest BCUT2D eigenvalue weighted by atomic mass is 16.5. The Labute approximate surface area is 239 Å². The minimum absolute atomic E-state index is 0.00662. The lowest BCUT2D eigenvalue weighted by molar-refractivity contribution is 0.0254. The molecule has 0 atom stereocenters. The van der Waals surface area contributed by atoms with Crippen LogP contribution in [0.15, 0.2) is 59.1 Å². The number of nitriles is 1. The molecule has 6 rings (SSSR count). The lowest BCUT2D eigenvalue weighted by atomic mass is 10.0. The number of fused-ring (bicyclic) bond motifs is 1. The first kappa shape index (κ1) is 26.9. The first-order valence-electron chi connectivity index (χ1n) is 14.2. The highest BCUT2D eigenvalue weighted by Gasteiger charge is 2.25. The van der Waals surface area contributed by atoms with E-state index in [0.717, 1.165) is 42.4 Å². The second-order valence-electron chi connectivity index (χ2n) is 10.7. The summed E-state index contributed by atoms with van der Waals surface area (Å²) in [4.78, 5) is 19.6. The maximum atomic E-state index is 13.2. The molecule has 1 saturated heterocycles. The van der Waals surface area contributed by atoms with Crippen LogP contribution in [0.4, 0.5) is 0 Å². The van der Waals surface area contributed by atoms with Gasteiger partial charge in [-0.25, -0.2) is 0 Å². The van der Waals surface area contributed by atoms with E-state index in [1.54, 1.807) is 19.4 Å². The van der Waals surface area contributed by atoms with Crippen molar-refractivity contribution in [3.63, 3.8) is 0 Å². The van der Waals surface area contributed by atoms with E-state index in [0.29, 0.717) is 52.7 Å². The fourth-order valence-corrected chi connectivity index (χ4v) is 5.85. The van der Waals surface area contributed by atoms with Crippen LogP contribution in [0.25, 0.3) is 33.6 Å². The average Bonchev–Trinajstić information content (AvgIpc) is 3.71. The molecule has 41 heavy (non-hydrogen) atoms. The molecule has 2 aliphatic rings. The van der Waals surface area contributed by atoms with Crippen LogP contribution in [0.3, 0.4) is 0 Å². The first-order valence-corrected chi connectivity index (χ1v) is 14.2. The van der Waals surface area contributed by atoms with Gasteiger partial charge in [0.15, 0.2) is 5.58 Å². The fourth-order valence-electron chi connectivity index (χ4n) is 5.85. The average molecular weight is 552 g/mol. The molecule has 8 heteroatoms. The lowest BCUT2D eigenvalue weighted by Gasteiger charge is -2.24. The zero-order valence-corrected chi connectivity index (χ0v) is 23.4. The Bertz CT molecular complexity index is 1610. The van der Waals surface area contributed by atoms with Crippen LogP contribution in [-0.2, 0) is 4.74 Å². The Morgan fingerprint density at radius 1 is 1.00 bits per heavy atom. The molecule has 3 heterocycles. The maximum Gasteiger partial charge on any atom is 0.253 e. The third kappa shape index (κ3) is 5.38. The molecular weight excluding hydrogens is 518 g/mol. The van der Waals surface area contributed by atoms with Gasteiger partial charge in [0.1, 0.15) is 34.9 Å². The molecule has 0 unspecified atom stereocenters. The molecule has 1 amide bonds. The quantitative estimate of drug-likeness (QED) is 0.255. The van der Waals surface area contributed by atoms with Crippen LogP contribution in [0, 0.1) is 11.3 Å². The van der Waals surface area contributed by atoms with Gasteiger partial charge in [-0.3, -0.25) is 9.78 Å². The molecule has 2 aromatic carbocycles. The summed E-state index contributed by atoms with van der Waals surface area (Å²) in [5.41, 5.74) is 4.72. The van der Waals surface area contributed by atoms with E-state index in [2.05, 4.69) is 11.1 Å². The standard InChI is InChI=1S/C33H33N3O5/c1-36(24-5-3-4-6-24)33(37)22-7-9-27(30(18-22)38-2)31-19-28-32(41-31)26(11-14-35-28)21-8-10-29(23(17-21)20-34)40-25-12-15-39-16-13-25/h7-11,14,17-19,24-25H,3-6,12-13,15-16H2,1-2H3. The van der Waals surface area contributed by atoms with Crippen molar-refractivity contribution in [2.45, 2.75) is 50.7 Å². The summed E-state index contributed by atoms with van der Waals surface area (Å²) in [7, 11) is 3.47. The Balaban J connectivity index is 1.30. The second-order valence-corrected chi connectivity index (χ2v) is 10.7. The number of nitrogens with zero attached hydrogens (tertiary/aromatic N) is 3. The summed E-state index contributed by atoms with van der Waals surface area (Å²) < 4.78 is 23.6. The molecule has 8 nitrogen and oxygen atoms in total. The van der Waals surface area contributed by atoms with Crippen molar-refractivity contribution < 1.29 is 23.4 Å². The molecule has 0 N–H and O–H groups in total. The first-order chi connectivity index (χ1) is 20.1. The summed E-state index contributed by atoms with van der Waals surface area (Å²) in [5, 5.41) is 9.87. The van der Waals surface area contributed by atoms with Crippen LogP contribution in [0.5, 0.6) is 11.5 Å². The van der Waals surface area contributed by atoms with E-state index in [1.807, 2.05) is 54.4 Å². The van der Waals surface area contributed by atoms with Gasteiger partial charge in [0, 0.05) is 49.3 Å². The SMILES string of the molecule is COc1cc(C(=O)N(C)C2CCCC2)ccc1-c1cc2nccc(-c3ccc(OC4CCOCC4)c(C#N)c3)c2o1. The number of pyridine rings is 1. The minimum atomic E-state index is -0.00662. The number of methoxy groups -OCH3 is 1. The van der Waals surface area contributed by atoms with Crippen molar-refractivity contribution in [1.29, 1.82) is 5.26 Å². The predicted molar refractivity (Wildman–Crippen MR) is 155 cm³/mol. The van der Waals surface area contributed by atoms with Gasteiger partial charge in [-0.2, -0.15) is 5.26 Å². The molecule has 0 bridgehead atoms. The molecule has 0 radical (unpaired) electrons. The second kappa shape index (κ2) is 11.6. The predicted octanol–water partition coefficient (Wildman–Crippen LogP) is 6.61. The van der Waals surface area contributed by atoms with Crippen molar-refractivity contribution in [3.8, 4) is 40.0 Å². The molecular formula is C33H33N3O5. The number of ether oxygens (including phenoxy) is 3. The number of furan rings is 1. The van der Waals surface area contributed by atoms with Gasteiger partial charge in [0.25, 0.3) is 5.91 Å². The molecule has 1 aliphatic heterocycles. The molecule has 2 aromatic heterocycles. The summed E-state index contributed by atoms with van der Waals surface area (Å²) in [5.74, 6) is 1.71. The topological polar surface area (TPSA) is 97.8 Å². The number of amides is 1. The zero-order chi connectivity index (χ0) is 28.3. The Kier molecular flexibility index (Phi) is 7.62. The number of carbonyl (C=O) groups excluding carboxylic acids is 1. The number of carbonyl (C=O) groups is 1. The lowest BCUT2D eigenvalue weighted by Crippen LogP contribution is -2.35. The van der Waals surface area contributed by atoms with Gasteiger partial charge in [0.2, 0.25) is 0 Å². The minimum Gasteiger partial charge on any atom is -0.496 e. The zero-order valence-electron chi connectivity index (χ0n) is 23.4. The van der Waals surface area contributed by atoms with Gasteiger partial charge in [-0.15, -0.1) is 0 Å². The van der Waals surface area contributed by atoms with Gasteiger partial charge < -0.3 is 23.5 Å². The van der Waals surface area contributed by atoms with Crippen LogP contribution in [0.1, 0.15) is 54.4 Å². The summed E-state index contributed by atoms with van der Waals surface area (Å²) in [6, 6.07) is 17.4. The van der Waals surface area contributed by atoms with Crippen molar-refractivity contribution in [3.05, 3.63) is 65.9 Å². The van der Waals surface area contributed by atoms with E-state index in [1.165, 1.54) is 12.8 Å². The highest BCUT2D eigenvalue weighted by Crippen LogP contribution is 2.39. The maximum absolute atomic E-state index is 13.2. The van der Waals surface area contributed by atoms with E-state index in [4.69, 9.17) is 18.6 Å². The number of rotatable bonds is 7. The van der Waals surface area contributed by atoms with Crippen molar-refractivity contribution in [2.24, 2.45) is 0 Å². The van der Waals surface area contributed by atoms with Gasteiger partial charge in [-0.1, -0.05) is 18.9 Å². The van der Waals surface area contributed by atoms with Crippen molar-refractivity contribution in [2.75, 3.05) is 27.4 Å². The number of hydrogen-bond acceptors (Lipinski definition) is 7. The molecule has 1 aliphatic carbocycles. The third-order valence-electron chi connectivity index (χ3n) is 8.19. The number of hydrogen-bond donors (Lipinski definition) is 0. The molecule has 0 spiro atoms. The number of aromatic nitrogens is 1. The Morgan fingerprint density at radius 2 is 1.80 bits per heavy atom. The van der Waals surface area contributed by atoms with Crippen LogP contribution < -0.4 is 9.47 Å². The summed E-state index contributed by atoms with van der Waals surface area (Å²) in [6.07, 6.45) is 7.82. The van der Waals surface area contributed by atoms with E-state index in [9.17, 15) is 10.1 Å². The fraction of sp³-hybridized carbons (Fsp3) is 0.364. The van der Waals surface area contributed by atoms with E-state index >= 15 is 0 Å². The monoisotopic (exact) mass is 551 g/mol. The third-order valence-corrected chi connectivity index (χ3v) is 8.19. The molecule has 4 aromatic rings. The van der Waals surface area contributed by atoms with Crippen LogP contribution in [-0.4, -0.2) is 55.3 Å². The molecule has 210 valence electrons. The highest BCUT2D eigenvalue weighted by molar-refractivity contribution is 5.96. The smallest absolute Gasteiger partial charge is 0.253 e. The molecule has 2 fully saturated rings.